The highest BCUT2D eigenvalue weighted by Crippen LogP contribution is 2.23. The quantitative estimate of drug-likeness (QED) is 0.546. The van der Waals surface area contributed by atoms with Crippen LogP contribution in [0.25, 0.3) is 0 Å². The Kier molecular flexibility index (Phi) is 7.42. The molecule has 1 atom stereocenters. The summed E-state index contributed by atoms with van der Waals surface area (Å²) in [5.41, 5.74) is 0. The predicted octanol–water partition coefficient (Wildman–Crippen LogP) is 2.38. The lowest BCUT2D eigenvalue weighted by Crippen LogP contribution is -2.47. The molecule has 1 amide bonds. The summed E-state index contributed by atoms with van der Waals surface area (Å²) in [7, 11) is 0. The molecule has 0 aromatic heterocycles. The summed E-state index contributed by atoms with van der Waals surface area (Å²) in [5.74, 6) is -7.70. The van der Waals surface area contributed by atoms with Crippen LogP contribution in [-0.2, 0) is 9.59 Å². The van der Waals surface area contributed by atoms with Gasteiger partial charge < -0.3 is 5.32 Å². The third-order valence-electron chi connectivity index (χ3n) is 2.31. The molecule has 0 aliphatic carbocycles. The standard InChI is InChI=1S/C10H14BrF4NO2/c1-2-3-6(7(17)4-11)5-16-9(18)10(14,15)8(12)13/h6,8H,2-5H2,1H3,(H,16,18). The van der Waals surface area contributed by atoms with Crippen LogP contribution in [0.4, 0.5) is 17.6 Å². The van der Waals surface area contributed by atoms with Gasteiger partial charge in [0.2, 0.25) is 0 Å². The number of rotatable bonds is 8. The minimum Gasteiger partial charge on any atom is -0.350 e. The van der Waals surface area contributed by atoms with Gasteiger partial charge in [0.1, 0.15) is 5.78 Å². The molecule has 3 nitrogen and oxygen atoms in total. The first-order chi connectivity index (χ1) is 8.27. The summed E-state index contributed by atoms with van der Waals surface area (Å²) >= 11 is 2.92. The van der Waals surface area contributed by atoms with Crippen LogP contribution in [0.15, 0.2) is 0 Å². The number of carbonyl (C=O) groups excluding carboxylic acids is 2. The van der Waals surface area contributed by atoms with E-state index < -0.39 is 24.2 Å². The number of hydrogen-bond donors (Lipinski definition) is 1. The average molecular weight is 336 g/mol. The van der Waals surface area contributed by atoms with E-state index in [2.05, 4.69) is 15.9 Å². The van der Waals surface area contributed by atoms with E-state index in [1.54, 1.807) is 12.2 Å². The number of hydrogen-bond acceptors (Lipinski definition) is 2. The Balaban J connectivity index is 4.44. The van der Waals surface area contributed by atoms with Crippen LogP contribution in [0, 0.1) is 5.92 Å². The average Bonchev–Trinajstić information content (AvgIpc) is 2.32. The zero-order chi connectivity index (χ0) is 14.3. The third-order valence-corrected chi connectivity index (χ3v) is 2.86. The fourth-order valence-electron chi connectivity index (χ4n) is 1.27. The number of ketones is 1. The van der Waals surface area contributed by atoms with Gasteiger partial charge >= 0.3 is 12.3 Å². The van der Waals surface area contributed by atoms with Crippen molar-refractivity contribution in [1.29, 1.82) is 0 Å². The van der Waals surface area contributed by atoms with E-state index in [1.165, 1.54) is 0 Å². The minimum atomic E-state index is -4.73. The molecule has 0 aliphatic heterocycles. The molecule has 106 valence electrons. The van der Waals surface area contributed by atoms with Crippen LogP contribution in [0.2, 0.25) is 0 Å². The number of nitrogens with one attached hydrogen (secondary N) is 1. The van der Waals surface area contributed by atoms with Gasteiger partial charge in [0.25, 0.3) is 5.91 Å². The Hall–Kier alpha value is -0.660. The van der Waals surface area contributed by atoms with E-state index in [-0.39, 0.29) is 17.7 Å². The number of carbonyl (C=O) groups is 2. The van der Waals surface area contributed by atoms with E-state index in [0.717, 1.165) is 0 Å². The molecule has 1 N–H and O–H groups in total. The fourth-order valence-corrected chi connectivity index (χ4v) is 1.73. The monoisotopic (exact) mass is 335 g/mol. The highest BCUT2D eigenvalue weighted by Gasteiger charge is 2.48. The molecule has 8 heteroatoms. The Morgan fingerprint density at radius 1 is 1.33 bits per heavy atom. The summed E-state index contributed by atoms with van der Waals surface area (Å²) in [4.78, 5) is 22.2. The summed E-state index contributed by atoms with van der Waals surface area (Å²) in [6.45, 7) is 1.42. The maximum atomic E-state index is 12.6. The van der Waals surface area contributed by atoms with Crippen molar-refractivity contribution in [2.24, 2.45) is 5.92 Å². The molecule has 0 aromatic rings. The van der Waals surface area contributed by atoms with Gasteiger partial charge in [-0.05, 0) is 6.42 Å². The van der Waals surface area contributed by atoms with Gasteiger partial charge in [-0.15, -0.1) is 0 Å². The minimum absolute atomic E-state index is 0.0266. The third kappa shape index (κ3) is 4.91. The van der Waals surface area contributed by atoms with Crippen LogP contribution < -0.4 is 5.32 Å². The number of halogens is 5. The first kappa shape index (κ1) is 17.3. The molecule has 0 rings (SSSR count). The van der Waals surface area contributed by atoms with Crippen molar-refractivity contribution in [2.45, 2.75) is 32.1 Å². The lowest BCUT2D eigenvalue weighted by molar-refractivity contribution is -0.169. The normalized spacial score (nSPS) is 13.5. The van der Waals surface area contributed by atoms with Crippen molar-refractivity contribution in [2.75, 3.05) is 11.9 Å². The second kappa shape index (κ2) is 7.70. The zero-order valence-corrected chi connectivity index (χ0v) is 11.3. The molecule has 0 saturated heterocycles. The molecule has 0 aromatic carbocycles. The van der Waals surface area contributed by atoms with E-state index in [4.69, 9.17) is 0 Å². The molecule has 0 fully saturated rings. The van der Waals surface area contributed by atoms with Gasteiger partial charge in [0, 0.05) is 12.5 Å². The highest BCUT2D eigenvalue weighted by atomic mass is 79.9. The molecule has 0 saturated carbocycles. The molecule has 0 bridgehead atoms. The first-order valence-corrected chi connectivity index (χ1v) is 6.42. The fraction of sp³-hybridized carbons (Fsp3) is 0.800. The summed E-state index contributed by atoms with van der Waals surface area (Å²) in [6, 6.07) is 0. The van der Waals surface area contributed by atoms with Gasteiger partial charge in [0.15, 0.2) is 0 Å². The van der Waals surface area contributed by atoms with Crippen LogP contribution in [0.3, 0.4) is 0 Å². The van der Waals surface area contributed by atoms with Gasteiger partial charge in [0.05, 0.1) is 5.33 Å². The summed E-state index contributed by atoms with van der Waals surface area (Å²) in [5, 5.41) is 1.72. The van der Waals surface area contributed by atoms with E-state index >= 15 is 0 Å². The van der Waals surface area contributed by atoms with Crippen LogP contribution in [-0.4, -0.2) is 35.9 Å². The Bertz CT molecular complexity index is 300. The van der Waals surface area contributed by atoms with Crippen LogP contribution in [0.1, 0.15) is 19.8 Å². The Morgan fingerprint density at radius 2 is 1.89 bits per heavy atom. The number of alkyl halides is 5. The van der Waals surface area contributed by atoms with Gasteiger partial charge in [-0.3, -0.25) is 9.59 Å². The molecule has 0 aliphatic rings. The lowest BCUT2D eigenvalue weighted by Gasteiger charge is -2.18. The Morgan fingerprint density at radius 3 is 2.28 bits per heavy atom. The van der Waals surface area contributed by atoms with Gasteiger partial charge in [-0.25, -0.2) is 8.78 Å². The molecule has 0 heterocycles. The molecule has 0 radical (unpaired) electrons. The smallest absolute Gasteiger partial charge is 0.350 e. The van der Waals surface area contributed by atoms with Gasteiger partial charge in [-0.1, -0.05) is 29.3 Å². The van der Waals surface area contributed by atoms with Crippen LogP contribution in [0.5, 0.6) is 0 Å². The molecular formula is C10H14BrF4NO2. The molecule has 18 heavy (non-hydrogen) atoms. The van der Waals surface area contributed by atoms with Crippen molar-refractivity contribution in [3.05, 3.63) is 0 Å². The maximum absolute atomic E-state index is 12.6. The molecule has 1 unspecified atom stereocenters. The SMILES string of the molecule is CCCC(CNC(=O)C(F)(F)C(F)F)C(=O)CBr. The van der Waals surface area contributed by atoms with Crippen molar-refractivity contribution < 1.29 is 27.2 Å². The van der Waals surface area contributed by atoms with E-state index in [9.17, 15) is 27.2 Å². The van der Waals surface area contributed by atoms with Crippen molar-refractivity contribution in [3.8, 4) is 0 Å². The Labute approximate surface area is 110 Å². The van der Waals surface area contributed by atoms with Crippen molar-refractivity contribution >= 4 is 27.6 Å². The lowest BCUT2D eigenvalue weighted by atomic mass is 9.99. The van der Waals surface area contributed by atoms with E-state index in [1.807, 2.05) is 0 Å². The molecular weight excluding hydrogens is 322 g/mol. The van der Waals surface area contributed by atoms with Gasteiger partial charge in [-0.2, -0.15) is 8.78 Å². The predicted molar refractivity (Wildman–Crippen MR) is 61.2 cm³/mol. The highest BCUT2D eigenvalue weighted by molar-refractivity contribution is 9.09. The second-order valence-electron chi connectivity index (χ2n) is 3.72. The van der Waals surface area contributed by atoms with Crippen LogP contribution >= 0.6 is 15.9 Å². The van der Waals surface area contributed by atoms with Crippen molar-refractivity contribution in [3.63, 3.8) is 0 Å². The number of Topliss-reactive ketones (excluding diaryl/α,β-unsaturated/α-hetero) is 1. The topological polar surface area (TPSA) is 46.2 Å². The van der Waals surface area contributed by atoms with E-state index in [0.29, 0.717) is 12.8 Å². The number of amides is 1. The summed E-state index contributed by atoms with van der Waals surface area (Å²) < 4.78 is 49.0. The zero-order valence-electron chi connectivity index (χ0n) is 9.69. The maximum Gasteiger partial charge on any atom is 0.383 e. The second-order valence-corrected chi connectivity index (χ2v) is 4.28. The molecule has 0 spiro atoms. The largest absolute Gasteiger partial charge is 0.383 e. The van der Waals surface area contributed by atoms with Crippen molar-refractivity contribution in [1.82, 2.24) is 5.32 Å². The summed E-state index contributed by atoms with van der Waals surface area (Å²) in [6.07, 6.45) is -3.05. The first-order valence-electron chi connectivity index (χ1n) is 5.30.